The van der Waals surface area contributed by atoms with Crippen LogP contribution >= 0.6 is 11.8 Å². The number of hydrogen-bond acceptors (Lipinski definition) is 7. The largest absolute Gasteiger partial charge is 0.468 e. The molecule has 0 spiro atoms. The van der Waals surface area contributed by atoms with Crippen molar-refractivity contribution in [2.45, 2.75) is 17.4 Å². The van der Waals surface area contributed by atoms with Crippen LogP contribution in [-0.2, 0) is 20.1 Å². The third-order valence-electron chi connectivity index (χ3n) is 6.12. The van der Waals surface area contributed by atoms with Crippen molar-refractivity contribution < 1.29 is 28.3 Å². The summed E-state index contributed by atoms with van der Waals surface area (Å²) in [6.07, 6.45) is 1.66. The molecule has 8 heteroatoms. The number of thioether (sulfide) groups is 1. The highest BCUT2D eigenvalue weighted by Gasteiger charge is 2.39. The molecule has 1 saturated heterocycles. The number of carbonyl (C=O) groups is 4. The Morgan fingerprint density at radius 2 is 1.53 bits per heavy atom. The summed E-state index contributed by atoms with van der Waals surface area (Å²) in [4.78, 5) is 51.5. The number of carbonyl (C=O) groups excluding carboxylic acids is 4. The number of esters is 1. The number of imide groups is 1. The van der Waals surface area contributed by atoms with E-state index in [-0.39, 0.29) is 29.6 Å². The number of nitrogens with zero attached hydrogens (tertiary/aromatic N) is 1. The van der Waals surface area contributed by atoms with Crippen molar-refractivity contribution in [3.05, 3.63) is 114 Å². The molecule has 0 bridgehead atoms. The van der Waals surface area contributed by atoms with E-state index in [9.17, 15) is 19.2 Å². The molecule has 38 heavy (non-hydrogen) atoms. The van der Waals surface area contributed by atoms with Gasteiger partial charge < -0.3 is 9.15 Å². The predicted molar refractivity (Wildman–Crippen MR) is 144 cm³/mol. The fourth-order valence-corrected chi connectivity index (χ4v) is 5.14. The molecular weight excluding hydrogens is 502 g/mol. The van der Waals surface area contributed by atoms with E-state index in [2.05, 4.69) is 0 Å². The van der Waals surface area contributed by atoms with Crippen molar-refractivity contribution in [3.63, 3.8) is 0 Å². The van der Waals surface area contributed by atoms with E-state index in [1.165, 1.54) is 36.0 Å². The number of anilines is 1. The molecule has 2 amide bonds. The molecule has 0 saturated carbocycles. The molecule has 3 aromatic carbocycles. The highest BCUT2D eigenvalue weighted by Crippen LogP contribution is 2.31. The summed E-state index contributed by atoms with van der Waals surface area (Å²) in [6.45, 7) is -0.400. The molecule has 190 valence electrons. The summed E-state index contributed by atoms with van der Waals surface area (Å²) in [7, 11) is 0. The van der Waals surface area contributed by atoms with Crippen LogP contribution in [0.4, 0.5) is 5.69 Å². The Labute approximate surface area is 223 Å². The van der Waals surface area contributed by atoms with Gasteiger partial charge in [0, 0.05) is 12.0 Å². The van der Waals surface area contributed by atoms with Crippen LogP contribution in [0.3, 0.4) is 0 Å². The number of ketones is 1. The summed E-state index contributed by atoms with van der Waals surface area (Å²) >= 11 is 1.36. The molecule has 1 atom stereocenters. The zero-order valence-electron chi connectivity index (χ0n) is 20.2. The van der Waals surface area contributed by atoms with Crippen molar-refractivity contribution in [2.75, 3.05) is 11.5 Å². The van der Waals surface area contributed by atoms with Gasteiger partial charge in [-0.05, 0) is 47.5 Å². The molecule has 1 fully saturated rings. The minimum atomic E-state index is -0.670. The fourth-order valence-electron chi connectivity index (χ4n) is 4.11. The van der Waals surface area contributed by atoms with E-state index in [1.54, 1.807) is 24.5 Å². The van der Waals surface area contributed by atoms with E-state index in [4.69, 9.17) is 9.15 Å². The lowest BCUT2D eigenvalue weighted by Gasteiger charge is -2.15. The van der Waals surface area contributed by atoms with E-state index < -0.39 is 17.8 Å². The number of amides is 2. The summed E-state index contributed by atoms with van der Waals surface area (Å²) in [6, 6.07) is 26.5. The lowest BCUT2D eigenvalue weighted by atomic mass is 10.0. The molecule has 5 rings (SSSR count). The van der Waals surface area contributed by atoms with Crippen LogP contribution in [0.1, 0.15) is 32.9 Å². The first kappa shape index (κ1) is 25.2. The number of hydrogen-bond donors (Lipinski definition) is 0. The number of furan rings is 1. The lowest BCUT2D eigenvalue weighted by Crippen LogP contribution is -2.31. The number of rotatable bonds is 9. The van der Waals surface area contributed by atoms with Crippen LogP contribution in [0, 0.1) is 0 Å². The molecule has 1 aromatic heterocycles. The average molecular weight is 526 g/mol. The Morgan fingerprint density at radius 3 is 2.21 bits per heavy atom. The van der Waals surface area contributed by atoms with Crippen molar-refractivity contribution in [2.24, 2.45) is 0 Å². The van der Waals surface area contributed by atoms with Gasteiger partial charge in [-0.15, -0.1) is 11.8 Å². The molecule has 7 nitrogen and oxygen atoms in total. The Bertz CT molecular complexity index is 1450. The third kappa shape index (κ3) is 5.60. The van der Waals surface area contributed by atoms with Crippen LogP contribution in [0.5, 0.6) is 0 Å². The van der Waals surface area contributed by atoms with Gasteiger partial charge in [0.1, 0.15) is 5.76 Å². The second-order valence-electron chi connectivity index (χ2n) is 8.64. The van der Waals surface area contributed by atoms with Crippen molar-refractivity contribution in [1.29, 1.82) is 0 Å². The smallest absolute Gasteiger partial charge is 0.338 e. The highest BCUT2D eigenvalue weighted by atomic mass is 32.2. The maximum absolute atomic E-state index is 12.8. The molecule has 0 N–H and O–H groups in total. The van der Waals surface area contributed by atoms with Gasteiger partial charge in [-0.2, -0.15) is 0 Å². The summed E-state index contributed by atoms with van der Waals surface area (Å²) in [5, 5.41) is -0.495. The summed E-state index contributed by atoms with van der Waals surface area (Å²) in [5.41, 5.74) is 3.06. The van der Waals surface area contributed by atoms with Gasteiger partial charge >= 0.3 is 5.97 Å². The maximum atomic E-state index is 12.8. The molecule has 1 aliphatic rings. The fraction of sp³-hybridized carbons (Fsp3) is 0.133. The minimum absolute atomic E-state index is 0.0996. The van der Waals surface area contributed by atoms with Crippen molar-refractivity contribution in [1.82, 2.24) is 0 Å². The zero-order valence-corrected chi connectivity index (χ0v) is 21.1. The van der Waals surface area contributed by atoms with Crippen LogP contribution < -0.4 is 4.90 Å². The standard InChI is InChI=1S/C30H23NO6S/c32-26(22-10-8-21(9-11-22)20-5-2-1-3-6-20)18-37-30(35)23-12-14-24(15-13-23)31-28(33)17-27(29(31)34)38-19-25-7-4-16-36-25/h1-16,27H,17-19H2. The van der Waals surface area contributed by atoms with Gasteiger partial charge in [-0.25, -0.2) is 9.69 Å². The summed E-state index contributed by atoms with van der Waals surface area (Å²) < 4.78 is 10.5. The maximum Gasteiger partial charge on any atom is 0.338 e. The third-order valence-corrected chi connectivity index (χ3v) is 7.34. The van der Waals surface area contributed by atoms with Gasteiger partial charge in [0.15, 0.2) is 12.4 Å². The molecule has 4 aromatic rings. The first-order valence-corrected chi connectivity index (χ1v) is 13.0. The SMILES string of the molecule is O=C(COC(=O)c1ccc(N2C(=O)CC(SCc3ccco3)C2=O)cc1)c1ccc(-c2ccccc2)cc1. The van der Waals surface area contributed by atoms with Gasteiger partial charge in [-0.3, -0.25) is 14.4 Å². The van der Waals surface area contributed by atoms with Crippen LogP contribution in [0.2, 0.25) is 0 Å². The van der Waals surface area contributed by atoms with Crippen LogP contribution in [0.15, 0.2) is 102 Å². The highest BCUT2D eigenvalue weighted by molar-refractivity contribution is 7.99. The molecule has 2 heterocycles. The monoisotopic (exact) mass is 525 g/mol. The Balaban J connectivity index is 1.15. The Hall–Kier alpha value is -4.43. The quantitative estimate of drug-likeness (QED) is 0.161. The number of benzene rings is 3. The first-order chi connectivity index (χ1) is 18.5. The average Bonchev–Trinajstić information content (AvgIpc) is 3.58. The van der Waals surface area contributed by atoms with Crippen LogP contribution in [0.25, 0.3) is 11.1 Å². The second-order valence-corrected chi connectivity index (χ2v) is 9.83. The van der Waals surface area contributed by atoms with E-state index in [0.717, 1.165) is 21.8 Å². The molecule has 1 aliphatic heterocycles. The molecule has 0 aliphatic carbocycles. The zero-order chi connectivity index (χ0) is 26.5. The Kier molecular flexibility index (Phi) is 7.51. The van der Waals surface area contributed by atoms with E-state index in [1.807, 2.05) is 48.5 Å². The minimum Gasteiger partial charge on any atom is -0.468 e. The predicted octanol–water partition coefficient (Wildman–Crippen LogP) is 5.55. The second kappa shape index (κ2) is 11.3. The van der Waals surface area contributed by atoms with Gasteiger partial charge in [0.05, 0.1) is 28.5 Å². The van der Waals surface area contributed by atoms with Gasteiger partial charge in [0.2, 0.25) is 11.8 Å². The normalized spacial score (nSPS) is 15.1. The van der Waals surface area contributed by atoms with E-state index in [0.29, 0.717) is 17.0 Å². The molecular formula is C30H23NO6S. The molecule has 0 radical (unpaired) electrons. The van der Waals surface area contributed by atoms with Crippen molar-refractivity contribution >= 4 is 41.0 Å². The Morgan fingerprint density at radius 1 is 0.842 bits per heavy atom. The van der Waals surface area contributed by atoms with Crippen LogP contribution in [-0.4, -0.2) is 35.4 Å². The lowest BCUT2D eigenvalue weighted by molar-refractivity contribution is -0.121. The molecule has 1 unspecified atom stereocenters. The number of ether oxygens (including phenoxy) is 1. The van der Waals surface area contributed by atoms with Gasteiger partial charge in [0.25, 0.3) is 0 Å². The topological polar surface area (TPSA) is 93.9 Å². The van der Waals surface area contributed by atoms with Crippen molar-refractivity contribution in [3.8, 4) is 11.1 Å². The van der Waals surface area contributed by atoms with E-state index >= 15 is 0 Å². The first-order valence-electron chi connectivity index (χ1n) is 12.0. The van der Waals surface area contributed by atoms with Gasteiger partial charge in [-0.1, -0.05) is 54.6 Å². The summed E-state index contributed by atoms with van der Waals surface area (Å²) in [5.74, 6) is -0.362. The number of Topliss-reactive ketones (excluding diaryl/α,β-unsaturated/α-hetero) is 1.